The molecule has 81 heavy (non-hydrogen) atoms. The molecule has 28 heteroatoms. The quantitative estimate of drug-likeness (QED) is 0.0549. The van der Waals surface area contributed by atoms with Gasteiger partial charge in [0, 0.05) is 60.0 Å². The highest BCUT2D eigenvalue weighted by molar-refractivity contribution is 7.19. The van der Waals surface area contributed by atoms with E-state index in [1.54, 1.807) is 65.7 Å². The number of nitrogens with zero attached hydrogens (tertiary/aromatic N) is 7. The Bertz CT molecular complexity index is 3590. The second-order valence-electron chi connectivity index (χ2n) is 19.0. The minimum absolute atomic E-state index is 0.00195. The number of pyridine rings is 1. The average molecular weight is 1210 g/mol. The van der Waals surface area contributed by atoms with Crippen LogP contribution in [0, 0.1) is 18.8 Å². The first kappa shape index (κ1) is 58.5. The first-order valence-corrected chi connectivity index (χ1v) is 30.4. The Morgan fingerprint density at radius 1 is 0.741 bits per heavy atom. The van der Waals surface area contributed by atoms with Crippen LogP contribution < -0.4 is 31.9 Å². The highest BCUT2D eigenvalue weighted by Gasteiger charge is 2.33. The third kappa shape index (κ3) is 13.8. The number of hydrogen-bond donors (Lipinski definition) is 8. The smallest absolute Gasteiger partial charge is 0.271 e. The molecule has 9 rings (SSSR count). The van der Waals surface area contributed by atoms with Crippen molar-refractivity contribution in [3.05, 3.63) is 112 Å². The molecule has 0 unspecified atom stereocenters. The Balaban J connectivity index is 1.12. The fourth-order valence-corrected chi connectivity index (χ4v) is 13.9. The van der Waals surface area contributed by atoms with E-state index in [-0.39, 0.29) is 60.9 Å². The number of nitrogens with one attached hydrogen (secondary N) is 6. The molecular formula is C53H55N13O9S6. The summed E-state index contributed by atoms with van der Waals surface area (Å²) >= 11 is 7.25. The Morgan fingerprint density at radius 2 is 1.51 bits per heavy atom. The minimum atomic E-state index is -1.27. The lowest BCUT2D eigenvalue weighted by atomic mass is 10.0. The summed E-state index contributed by atoms with van der Waals surface area (Å²) in [4.78, 5) is 117. The maximum atomic E-state index is 14.3. The summed E-state index contributed by atoms with van der Waals surface area (Å²) in [5.74, 6) is -3.02. The van der Waals surface area contributed by atoms with Gasteiger partial charge in [-0.3, -0.25) is 28.8 Å². The predicted octanol–water partition coefficient (Wildman–Crippen LogP) is 7.66. The Hall–Kier alpha value is -7.15. The first-order chi connectivity index (χ1) is 39.0. The standard InChI is InChI=1S/C53H55N13O9S6/c1-24(2)39-53-66-42(34(81-53)20-75-6)46(73)55-18-38(70)63-43(44(71)27-10-8-7-9-11-27)52-60-32(22-77-52)49-56-17-33(80-49)41-28(13-14-29(57-41)50-62-35(23-78-50)61-36(68)15-12-25(3)19-67)48-59-31(21-76-48)45(72)58-30(16-37(69)54-5)51-65-40(26(4)79-51)47(74)64-39/h7-11,13-14,17,21-25,30,39,43-44,67,71H,12,15-16,18-20H2,1-6H3,(H,54,69)(H,55,73)(H,58,72)(H,61,68)(H,63,70)(H,64,74)/t25-,30-,39-,43-,44-/m0/s1. The van der Waals surface area contributed by atoms with Gasteiger partial charge in [-0.15, -0.1) is 68.0 Å². The molecule has 1 aliphatic heterocycles. The largest absolute Gasteiger partial charge is 0.396 e. The van der Waals surface area contributed by atoms with Crippen molar-refractivity contribution >= 4 is 109 Å². The third-order valence-corrected chi connectivity index (χ3v) is 18.6. The van der Waals surface area contributed by atoms with E-state index in [0.717, 1.165) is 11.3 Å². The summed E-state index contributed by atoms with van der Waals surface area (Å²) in [5, 5.41) is 45.8. The van der Waals surface area contributed by atoms with Crippen molar-refractivity contribution in [3.8, 4) is 42.5 Å². The van der Waals surface area contributed by atoms with Crippen molar-refractivity contribution in [3.63, 3.8) is 0 Å². The summed E-state index contributed by atoms with van der Waals surface area (Å²) in [6, 6.07) is 9.59. The number of carbonyl (C=O) groups is 6. The van der Waals surface area contributed by atoms with Gasteiger partial charge in [0.05, 0.1) is 52.8 Å². The molecule has 0 radical (unpaired) electrons. The number of ether oxygens (including phenoxy) is 1. The number of benzene rings is 1. The molecule has 0 saturated carbocycles. The fraction of sp³-hybridized carbons (Fsp3) is 0.340. The van der Waals surface area contributed by atoms with E-state index in [4.69, 9.17) is 29.7 Å². The van der Waals surface area contributed by atoms with Gasteiger partial charge in [-0.25, -0.2) is 34.9 Å². The van der Waals surface area contributed by atoms with Gasteiger partial charge in [0.1, 0.15) is 70.8 Å². The van der Waals surface area contributed by atoms with Crippen LogP contribution in [0.4, 0.5) is 5.82 Å². The highest BCUT2D eigenvalue weighted by atomic mass is 32.1. The normalized spacial score (nSPS) is 16.9. The number of anilines is 1. The molecule has 8 N–H and O–H groups in total. The van der Waals surface area contributed by atoms with Crippen molar-refractivity contribution in [1.82, 2.24) is 61.5 Å². The molecule has 0 saturated heterocycles. The zero-order chi connectivity index (χ0) is 57.5. The van der Waals surface area contributed by atoms with E-state index in [1.807, 2.05) is 26.8 Å². The molecule has 1 aliphatic rings. The minimum Gasteiger partial charge on any atom is -0.396 e. The molecule has 0 aliphatic carbocycles. The molecule has 0 fully saturated rings. The van der Waals surface area contributed by atoms with Gasteiger partial charge in [-0.05, 0) is 42.9 Å². The number of aliphatic hydroxyl groups excluding tert-OH is 2. The van der Waals surface area contributed by atoms with E-state index >= 15 is 0 Å². The third-order valence-electron chi connectivity index (χ3n) is 12.7. The van der Waals surface area contributed by atoms with Crippen LogP contribution in [-0.2, 0) is 25.7 Å². The van der Waals surface area contributed by atoms with Crippen molar-refractivity contribution in [2.24, 2.45) is 11.8 Å². The molecule has 8 heterocycles. The summed E-state index contributed by atoms with van der Waals surface area (Å²) in [7, 11) is 2.95. The number of aromatic nitrogens is 7. The summed E-state index contributed by atoms with van der Waals surface area (Å²) in [6.07, 6.45) is 0.872. The SMILES string of the molecule is CNC(=O)C[C@@H]1NC(=O)c2csc(n2)-c2ccc(-c3nc(NC(=O)CC[C@H](C)CO)cs3)nc2-c2cnc(s2)-c2csc(n2)[C@H]([C@@H](O)c2ccccc2)NC(=O)CNC(=O)c2nc(sc2COC)[C@H](C(C)C)NC(=O)c2nc1sc2C. The van der Waals surface area contributed by atoms with Crippen LogP contribution in [0.2, 0.25) is 0 Å². The summed E-state index contributed by atoms with van der Waals surface area (Å²) < 4.78 is 5.45. The van der Waals surface area contributed by atoms with Crippen LogP contribution in [0.1, 0.15) is 126 Å². The lowest BCUT2D eigenvalue weighted by molar-refractivity contribution is -0.122. The first-order valence-electron chi connectivity index (χ1n) is 25.3. The number of thiazole rings is 6. The van der Waals surface area contributed by atoms with Gasteiger partial charge in [0.15, 0.2) is 0 Å². The second kappa shape index (κ2) is 26.2. The molecular weight excluding hydrogens is 1160 g/mol. The lowest BCUT2D eigenvalue weighted by Gasteiger charge is -2.23. The summed E-state index contributed by atoms with van der Waals surface area (Å²) in [6.45, 7) is 6.82. The maximum absolute atomic E-state index is 14.3. The van der Waals surface area contributed by atoms with Crippen LogP contribution in [0.5, 0.6) is 0 Å². The molecule has 22 nitrogen and oxygen atoms in total. The summed E-state index contributed by atoms with van der Waals surface area (Å²) in [5.41, 5.74) is 2.50. The van der Waals surface area contributed by atoms with Crippen molar-refractivity contribution in [2.75, 3.05) is 32.6 Å². The number of aryl methyl sites for hydroxylation is 1. The molecule has 8 aromatic rings. The van der Waals surface area contributed by atoms with Crippen molar-refractivity contribution in [2.45, 2.75) is 77.8 Å². The van der Waals surface area contributed by atoms with Crippen LogP contribution in [0.3, 0.4) is 0 Å². The van der Waals surface area contributed by atoms with Crippen LogP contribution >= 0.6 is 68.0 Å². The van der Waals surface area contributed by atoms with Gasteiger partial charge in [-0.1, -0.05) is 51.1 Å². The fourth-order valence-electron chi connectivity index (χ4n) is 8.31. The van der Waals surface area contributed by atoms with Gasteiger partial charge in [0.25, 0.3) is 17.7 Å². The number of hydrogen-bond acceptors (Lipinski definition) is 22. The van der Waals surface area contributed by atoms with E-state index in [9.17, 15) is 39.0 Å². The van der Waals surface area contributed by atoms with Crippen LogP contribution in [-0.4, -0.2) is 108 Å². The highest BCUT2D eigenvalue weighted by Crippen LogP contribution is 2.41. The van der Waals surface area contributed by atoms with E-state index in [2.05, 4.69) is 41.9 Å². The van der Waals surface area contributed by atoms with Gasteiger partial charge in [-0.2, -0.15) is 0 Å². The number of methoxy groups -OCH3 is 1. The molecule has 6 amide bonds. The Labute approximate surface area is 488 Å². The molecule has 0 spiro atoms. The monoisotopic (exact) mass is 1210 g/mol. The molecule has 10 bridgehead atoms. The van der Waals surface area contributed by atoms with E-state index in [0.29, 0.717) is 85.1 Å². The maximum Gasteiger partial charge on any atom is 0.271 e. The van der Waals surface area contributed by atoms with Gasteiger partial charge >= 0.3 is 0 Å². The van der Waals surface area contributed by atoms with Crippen molar-refractivity contribution < 1.29 is 43.7 Å². The average Bonchev–Trinajstić information content (AvgIpc) is 4.38. The molecule has 422 valence electrons. The van der Waals surface area contributed by atoms with E-state index in [1.165, 1.54) is 70.8 Å². The zero-order valence-electron chi connectivity index (χ0n) is 44.4. The van der Waals surface area contributed by atoms with Gasteiger partial charge in [0.2, 0.25) is 17.7 Å². The number of rotatable bonds is 13. The lowest BCUT2D eigenvalue weighted by Crippen LogP contribution is -2.40. The number of fused-ring (bicyclic) bond motifs is 14. The number of amides is 6. The predicted molar refractivity (Wildman–Crippen MR) is 311 cm³/mol. The van der Waals surface area contributed by atoms with Gasteiger partial charge < -0.3 is 46.9 Å². The van der Waals surface area contributed by atoms with E-state index < -0.39 is 60.3 Å². The molecule has 1 aromatic carbocycles. The van der Waals surface area contributed by atoms with Crippen LogP contribution in [0.15, 0.2) is 64.8 Å². The molecule has 7 aromatic heterocycles. The number of carbonyl (C=O) groups excluding carboxylic acids is 6. The van der Waals surface area contributed by atoms with Crippen molar-refractivity contribution in [1.29, 1.82) is 0 Å². The number of aliphatic hydroxyl groups is 2. The zero-order valence-corrected chi connectivity index (χ0v) is 49.3. The topological polar surface area (TPSA) is 315 Å². The Morgan fingerprint density at radius 3 is 2.26 bits per heavy atom. The van der Waals surface area contributed by atoms with Crippen LogP contribution in [0.25, 0.3) is 42.5 Å². The Kier molecular flexibility index (Phi) is 18.9. The second-order valence-corrected chi connectivity index (χ2v) is 25.0. The molecule has 5 atom stereocenters.